The number of nitrogens with one attached hydrogen (secondary N) is 2. The van der Waals surface area contributed by atoms with Gasteiger partial charge in [-0.2, -0.15) is 0 Å². The van der Waals surface area contributed by atoms with Crippen LogP contribution in [0, 0.1) is 0 Å². The van der Waals surface area contributed by atoms with Crippen LogP contribution in [-0.2, 0) is 4.79 Å². The Balaban J connectivity index is 0.00000400. The van der Waals surface area contributed by atoms with Crippen molar-refractivity contribution >= 4 is 24.2 Å². The fourth-order valence-corrected chi connectivity index (χ4v) is 1.77. The molecule has 118 valence electrons. The first-order valence-corrected chi connectivity index (χ1v) is 6.79. The number of carbonyl (C=O) groups is 2. The Morgan fingerprint density at radius 1 is 1.24 bits per heavy atom. The third-order valence-electron chi connectivity index (χ3n) is 3.02. The van der Waals surface area contributed by atoms with Crippen LogP contribution < -0.4 is 10.6 Å². The van der Waals surface area contributed by atoms with Gasteiger partial charge in [-0.15, -0.1) is 12.4 Å². The lowest BCUT2D eigenvalue weighted by Crippen LogP contribution is -2.39. The second-order valence-corrected chi connectivity index (χ2v) is 4.86. The van der Waals surface area contributed by atoms with E-state index in [0.29, 0.717) is 18.5 Å². The fourth-order valence-electron chi connectivity index (χ4n) is 1.77. The molecule has 0 saturated heterocycles. The SMILES string of the molecule is CNCCN(C)C(=O)CC(C)NC(=O)c1ccccc1.Cl. The summed E-state index contributed by atoms with van der Waals surface area (Å²) in [6.07, 6.45) is 0.304. The zero-order chi connectivity index (χ0) is 15.0. The average molecular weight is 314 g/mol. The van der Waals surface area contributed by atoms with Gasteiger partial charge in [-0.05, 0) is 26.1 Å². The average Bonchev–Trinajstić information content (AvgIpc) is 2.45. The number of hydrogen-bond donors (Lipinski definition) is 2. The smallest absolute Gasteiger partial charge is 0.251 e. The molecule has 1 aromatic carbocycles. The number of rotatable bonds is 7. The summed E-state index contributed by atoms with van der Waals surface area (Å²) in [5.74, 6) is -0.120. The van der Waals surface area contributed by atoms with Gasteiger partial charge >= 0.3 is 0 Å². The van der Waals surface area contributed by atoms with Gasteiger partial charge in [0, 0.05) is 38.2 Å². The molecular weight excluding hydrogens is 290 g/mol. The molecule has 0 aliphatic carbocycles. The van der Waals surface area contributed by atoms with Crippen LogP contribution in [0.5, 0.6) is 0 Å². The van der Waals surface area contributed by atoms with Crippen LogP contribution in [0.25, 0.3) is 0 Å². The standard InChI is InChI=1S/C15H23N3O2.ClH/c1-12(11-14(19)18(3)10-9-16-2)17-15(20)13-7-5-4-6-8-13;/h4-8,12,16H,9-11H2,1-3H3,(H,17,20);1H. The molecule has 1 atom stereocenters. The highest BCUT2D eigenvalue weighted by atomic mass is 35.5. The van der Waals surface area contributed by atoms with Crippen LogP contribution in [0.1, 0.15) is 23.7 Å². The van der Waals surface area contributed by atoms with Gasteiger partial charge in [0.2, 0.25) is 5.91 Å². The van der Waals surface area contributed by atoms with Crippen LogP contribution in [-0.4, -0.2) is 49.9 Å². The Labute approximate surface area is 132 Å². The lowest BCUT2D eigenvalue weighted by Gasteiger charge is -2.20. The summed E-state index contributed by atoms with van der Waals surface area (Å²) < 4.78 is 0. The van der Waals surface area contributed by atoms with Gasteiger partial charge in [0.1, 0.15) is 0 Å². The molecule has 0 fully saturated rings. The van der Waals surface area contributed by atoms with Gasteiger partial charge in [-0.25, -0.2) is 0 Å². The molecule has 5 nitrogen and oxygen atoms in total. The monoisotopic (exact) mass is 313 g/mol. The first-order valence-electron chi connectivity index (χ1n) is 6.79. The number of nitrogens with zero attached hydrogens (tertiary/aromatic N) is 1. The largest absolute Gasteiger partial charge is 0.349 e. The summed E-state index contributed by atoms with van der Waals surface area (Å²) >= 11 is 0. The number of likely N-dealkylation sites (N-methyl/N-ethyl adjacent to an activating group) is 2. The van der Waals surface area contributed by atoms with Crippen molar-refractivity contribution in [1.29, 1.82) is 0 Å². The molecular formula is C15H24ClN3O2. The van der Waals surface area contributed by atoms with Gasteiger partial charge in [-0.3, -0.25) is 9.59 Å². The van der Waals surface area contributed by atoms with Crippen molar-refractivity contribution in [2.75, 3.05) is 27.2 Å². The maximum absolute atomic E-state index is 11.9. The summed E-state index contributed by atoms with van der Waals surface area (Å²) in [4.78, 5) is 25.5. The van der Waals surface area contributed by atoms with E-state index in [1.54, 1.807) is 24.1 Å². The van der Waals surface area contributed by atoms with E-state index in [1.807, 2.05) is 32.2 Å². The molecule has 0 radical (unpaired) electrons. The highest BCUT2D eigenvalue weighted by molar-refractivity contribution is 5.94. The summed E-state index contributed by atoms with van der Waals surface area (Å²) in [5, 5.41) is 5.83. The Morgan fingerprint density at radius 2 is 1.86 bits per heavy atom. The van der Waals surface area contributed by atoms with Crippen molar-refractivity contribution in [2.24, 2.45) is 0 Å². The van der Waals surface area contributed by atoms with Crippen molar-refractivity contribution in [1.82, 2.24) is 15.5 Å². The van der Waals surface area contributed by atoms with E-state index in [1.165, 1.54) is 0 Å². The van der Waals surface area contributed by atoms with Gasteiger partial charge in [0.25, 0.3) is 5.91 Å². The zero-order valence-corrected chi connectivity index (χ0v) is 13.6. The topological polar surface area (TPSA) is 61.4 Å². The Kier molecular flexibility index (Phi) is 9.41. The quantitative estimate of drug-likeness (QED) is 0.797. The third kappa shape index (κ3) is 7.11. The molecule has 0 aliphatic rings. The normalized spacial score (nSPS) is 11.2. The summed E-state index contributed by atoms with van der Waals surface area (Å²) in [6, 6.07) is 8.81. The Morgan fingerprint density at radius 3 is 2.43 bits per heavy atom. The van der Waals surface area contributed by atoms with E-state index in [0.717, 1.165) is 6.54 Å². The minimum atomic E-state index is -0.188. The van der Waals surface area contributed by atoms with Crippen molar-refractivity contribution < 1.29 is 9.59 Å². The van der Waals surface area contributed by atoms with Crippen LogP contribution in [0.4, 0.5) is 0 Å². The lowest BCUT2D eigenvalue weighted by molar-refractivity contribution is -0.130. The van der Waals surface area contributed by atoms with E-state index in [2.05, 4.69) is 10.6 Å². The molecule has 1 rings (SSSR count). The maximum atomic E-state index is 11.9. The predicted molar refractivity (Wildman–Crippen MR) is 86.8 cm³/mol. The van der Waals surface area contributed by atoms with Crippen LogP contribution in [0.2, 0.25) is 0 Å². The molecule has 0 aromatic heterocycles. The minimum absolute atomic E-state index is 0. The van der Waals surface area contributed by atoms with Crippen molar-refractivity contribution in [2.45, 2.75) is 19.4 Å². The number of benzene rings is 1. The number of carbonyl (C=O) groups excluding carboxylic acids is 2. The number of halogens is 1. The zero-order valence-electron chi connectivity index (χ0n) is 12.8. The van der Waals surface area contributed by atoms with Crippen LogP contribution in [0.15, 0.2) is 30.3 Å². The van der Waals surface area contributed by atoms with Crippen molar-refractivity contribution in [3.63, 3.8) is 0 Å². The maximum Gasteiger partial charge on any atom is 0.251 e. The fraction of sp³-hybridized carbons (Fsp3) is 0.467. The van der Waals surface area contributed by atoms with Crippen molar-refractivity contribution in [3.8, 4) is 0 Å². The first-order chi connectivity index (χ1) is 9.54. The van der Waals surface area contributed by atoms with Gasteiger partial charge < -0.3 is 15.5 Å². The molecule has 1 unspecified atom stereocenters. The van der Waals surface area contributed by atoms with E-state index >= 15 is 0 Å². The minimum Gasteiger partial charge on any atom is -0.349 e. The highest BCUT2D eigenvalue weighted by Gasteiger charge is 2.15. The van der Waals surface area contributed by atoms with E-state index in [-0.39, 0.29) is 30.3 Å². The van der Waals surface area contributed by atoms with Crippen LogP contribution in [0.3, 0.4) is 0 Å². The third-order valence-corrected chi connectivity index (χ3v) is 3.02. The summed E-state index contributed by atoms with van der Waals surface area (Å²) in [5.41, 5.74) is 0.607. The molecule has 2 amide bonds. The van der Waals surface area contributed by atoms with Crippen molar-refractivity contribution in [3.05, 3.63) is 35.9 Å². The molecule has 0 aliphatic heterocycles. The molecule has 6 heteroatoms. The van der Waals surface area contributed by atoms with Gasteiger partial charge in [0.05, 0.1) is 0 Å². The summed E-state index contributed by atoms with van der Waals surface area (Å²) in [6.45, 7) is 3.26. The molecule has 1 aromatic rings. The molecule has 0 saturated carbocycles. The van der Waals surface area contributed by atoms with E-state index in [9.17, 15) is 9.59 Å². The lowest BCUT2D eigenvalue weighted by atomic mass is 10.1. The number of hydrogen-bond acceptors (Lipinski definition) is 3. The second-order valence-electron chi connectivity index (χ2n) is 4.86. The van der Waals surface area contributed by atoms with Gasteiger partial charge in [0.15, 0.2) is 0 Å². The second kappa shape index (κ2) is 10.2. The van der Waals surface area contributed by atoms with E-state index < -0.39 is 0 Å². The molecule has 2 N–H and O–H groups in total. The number of amides is 2. The highest BCUT2D eigenvalue weighted by Crippen LogP contribution is 2.01. The summed E-state index contributed by atoms with van der Waals surface area (Å²) in [7, 11) is 3.62. The van der Waals surface area contributed by atoms with Crippen LogP contribution >= 0.6 is 12.4 Å². The predicted octanol–water partition coefficient (Wildman–Crippen LogP) is 1.29. The van der Waals surface area contributed by atoms with Gasteiger partial charge in [-0.1, -0.05) is 18.2 Å². The molecule has 0 bridgehead atoms. The first kappa shape index (κ1) is 19.4. The molecule has 0 spiro atoms. The Hall–Kier alpha value is -1.59. The Bertz CT molecular complexity index is 440. The van der Waals surface area contributed by atoms with E-state index in [4.69, 9.17) is 0 Å². The molecule has 21 heavy (non-hydrogen) atoms. The molecule has 0 heterocycles.